The summed E-state index contributed by atoms with van der Waals surface area (Å²) < 4.78 is 0. The molecule has 2 heterocycles. The zero-order chi connectivity index (χ0) is 15.0. The summed E-state index contributed by atoms with van der Waals surface area (Å²) in [5, 5.41) is 8.97. The Labute approximate surface area is 112 Å². The molecule has 2 rings (SSSR count). The Morgan fingerprint density at radius 2 is 1.85 bits per heavy atom. The van der Waals surface area contributed by atoms with E-state index < -0.39 is 11.7 Å². The van der Waals surface area contributed by atoms with E-state index in [9.17, 15) is 14.4 Å². The highest BCUT2D eigenvalue weighted by Crippen LogP contribution is 2.34. The van der Waals surface area contributed by atoms with Gasteiger partial charge in [-0.1, -0.05) is 0 Å². The van der Waals surface area contributed by atoms with Gasteiger partial charge in [-0.15, -0.1) is 0 Å². The van der Waals surface area contributed by atoms with Crippen LogP contribution in [0.5, 0.6) is 0 Å². The molecule has 0 unspecified atom stereocenters. The summed E-state index contributed by atoms with van der Waals surface area (Å²) in [4.78, 5) is 43.2. The quantitative estimate of drug-likeness (QED) is 0.618. The van der Waals surface area contributed by atoms with Crippen LogP contribution < -0.4 is 10.6 Å². The molecule has 0 amide bonds. The number of nitrogens with two attached hydrogens (primary N) is 1. The van der Waals surface area contributed by atoms with Crippen molar-refractivity contribution in [2.75, 3.05) is 24.7 Å². The molecule has 20 heavy (non-hydrogen) atoms. The van der Waals surface area contributed by atoms with Crippen molar-refractivity contribution in [2.24, 2.45) is 0 Å². The minimum atomic E-state index is -1.37. The van der Waals surface area contributed by atoms with Crippen LogP contribution in [0.1, 0.15) is 16.2 Å². The second-order valence-electron chi connectivity index (χ2n) is 3.93. The highest BCUT2D eigenvalue weighted by atomic mass is 16.4. The second-order valence-corrected chi connectivity index (χ2v) is 3.93. The summed E-state index contributed by atoms with van der Waals surface area (Å²) in [5.41, 5.74) is 4.89. The van der Waals surface area contributed by atoms with E-state index in [1.165, 1.54) is 23.9 Å². The monoisotopic (exact) mass is 275 g/mol. The van der Waals surface area contributed by atoms with Crippen molar-refractivity contribution in [1.82, 2.24) is 14.9 Å². The minimum absolute atomic E-state index is 0.00706. The first-order valence-corrected chi connectivity index (χ1v) is 5.31. The molecule has 3 N–H and O–H groups in total. The third kappa shape index (κ3) is 1.71. The van der Waals surface area contributed by atoms with Gasteiger partial charge < -0.3 is 20.6 Å². The van der Waals surface area contributed by atoms with Gasteiger partial charge in [-0.2, -0.15) is 0 Å². The summed E-state index contributed by atoms with van der Waals surface area (Å²) in [5.74, 6) is 1.68. The molecule has 0 radical (unpaired) electrons. The number of nitrogen functional groups attached to an aromatic ring is 1. The van der Waals surface area contributed by atoms with Crippen molar-refractivity contribution in [1.29, 1.82) is 0 Å². The fourth-order valence-corrected chi connectivity index (χ4v) is 1.83. The van der Waals surface area contributed by atoms with Crippen LogP contribution in [0.25, 0.3) is 5.70 Å². The molecule has 0 aromatic carbocycles. The van der Waals surface area contributed by atoms with Crippen LogP contribution in [-0.2, 0) is 9.59 Å². The van der Waals surface area contributed by atoms with E-state index in [1.807, 2.05) is 0 Å². The van der Waals surface area contributed by atoms with Gasteiger partial charge in [-0.3, -0.25) is 0 Å². The highest BCUT2D eigenvalue weighted by Gasteiger charge is 2.33. The lowest BCUT2D eigenvalue weighted by atomic mass is 10.2. The number of carbonyl (C=O) groups excluding carboxylic acids is 2. The molecule has 0 bridgehead atoms. The van der Waals surface area contributed by atoms with Gasteiger partial charge in [0.25, 0.3) is 0 Å². The number of nitrogens with zero attached hydrogens (tertiary/aromatic N) is 4. The van der Waals surface area contributed by atoms with Crippen LogP contribution >= 0.6 is 0 Å². The second kappa shape index (κ2) is 4.51. The van der Waals surface area contributed by atoms with E-state index in [-0.39, 0.29) is 28.8 Å². The van der Waals surface area contributed by atoms with Crippen molar-refractivity contribution < 1.29 is 19.5 Å². The number of aromatic nitrogens is 2. The molecule has 9 heteroatoms. The van der Waals surface area contributed by atoms with Gasteiger partial charge in [0.1, 0.15) is 5.69 Å². The largest absolute Gasteiger partial charge is 0.476 e. The average Bonchev–Trinajstić information content (AvgIpc) is 2.40. The lowest BCUT2D eigenvalue weighted by Crippen LogP contribution is -2.37. The molecule has 0 fully saturated rings. The smallest absolute Gasteiger partial charge is 0.358 e. The molecule has 0 saturated carbocycles. The normalized spacial score (nSPS) is 13.7. The van der Waals surface area contributed by atoms with Gasteiger partial charge in [-0.25, -0.2) is 24.4 Å². The Hall–Kier alpha value is -3.15. The van der Waals surface area contributed by atoms with Crippen LogP contribution in [0.2, 0.25) is 0 Å². The molecule has 1 aliphatic rings. The van der Waals surface area contributed by atoms with E-state index in [2.05, 4.69) is 9.97 Å². The van der Waals surface area contributed by atoms with Crippen LogP contribution in [-0.4, -0.2) is 51.9 Å². The molecule has 102 valence electrons. The van der Waals surface area contributed by atoms with Crippen LogP contribution in [0.15, 0.2) is 5.82 Å². The first kappa shape index (κ1) is 13.3. The molecule has 9 nitrogen and oxygen atoms in total. The predicted octanol–water partition coefficient (Wildman–Crippen LogP) is -1.02. The summed E-state index contributed by atoms with van der Waals surface area (Å²) in [6.45, 7) is 0. The molecular formula is C11H9N5O4. The van der Waals surface area contributed by atoms with Crippen LogP contribution in [0.3, 0.4) is 0 Å². The Bertz CT molecular complexity index is 716. The fourth-order valence-electron chi connectivity index (χ4n) is 1.83. The van der Waals surface area contributed by atoms with Gasteiger partial charge in [0.05, 0.1) is 0 Å². The topological polar surface area (TPSA) is 130 Å². The first-order valence-electron chi connectivity index (χ1n) is 5.31. The van der Waals surface area contributed by atoms with E-state index in [1.54, 1.807) is 11.9 Å². The number of carboxylic acid groups (broad SMARTS) is 1. The lowest BCUT2D eigenvalue weighted by Gasteiger charge is -2.33. The van der Waals surface area contributed by atoms with E-state index in [4.69, 9.17) is 10.8 Å². The maximum absolute atomic E-state index is 11.1. The van der Waals surface area contributed by atoms with Gasteiger partial charge in [0.15, 0.2) is 34.9 Å². The van der Waals surface area contributed by atoms with Crippen molar-refractivity contribution in [2.45, 2.75) is 0 Å². The van der Waals surface area contributed by atoms with Gasteiger partial charge in [0, 0.05) is 14.1 Å². The summed E-state index contributed by atoms with van der Waals surface area (Å²) in [7, 11) is 2.92. The maximum atomic E-state index is 11.1. The Balaban J connectivity index is 2.83. The molecule has 0 saturated heterocycles. The minimum Gasteiger partial charge on any atom is -0.476 e. The van der Waals surface area contributed by atoms with Crippen molar-refractivity contribution >= 4 is 35.2 Å². The Morgan fingerprint density at radius 3 is 2.35 bits per heavy atom. The standard InChI is InChI=1S/C11H9N5O4/c1-15-5(3-17)7-10(16(2)6(15)4-18)14-9(12)8(13-7)11(19)20/h1-2H3,(H2,12,14)(H,19,20). The van der Waals surface area contributed by atoms with Crippen LogP contribution in [0.4, 0.5) is 11.6 Å². The SMILES string of the molecule is CN1C(=C=O)c2nc(C(=O)O)c(N)nc2N(C)C1=C=O. The van der Waals surface area contributed by atoms with Gasteiger partial charge >= 0.3 is 5.97 Å². The number of hydrogen-bond acceptors (Lipinski definition) is 8. The Morgan fingerprint density at radius 1 is 1.20 bits per heavy atom. The third-order valence-electron chi connectivity index (χ3n) is 2.81. The number of rotatable bonds is 1. The maximum Gasteiger partial charge on any atom is 0.358 e. The fraction of sp³-hybridized carbons (Fsp3) is 0.182. The first-order chi connectivity index (χ1) is 9.42. The number of aromatic carboxylic acids is 1. The third-order valence-corrected chi connectivity index (χ3v) is 2.81. The molecule has 0 aliphatic carbocycles. The molecular weight excluding hydrogens is 266 g/mol. The van der Waals surface area contributed by atoms with Crippen molar-refractivity contribution in [3.05, 3.63) is 17.2 Å². The lowest BCUT2D eigenvalue weighted by molar-refractivity contribution is 0.0691. The molecule has 0 spiro atoms. The van der Waals surface area contributed by atoms with Crippen molar-refractivity contribution in [3.8, 4) is 0 Å². The number of carboxylic acids is 1. The van der Waals surface area contributed by atoms with Crippen LogP contribution in [0, 0.1) is 0 Å². The number of fused-ring (bicyclic) bond motifs is 1. The summed E-state index contributed by atoms with van der Waals surface area (Å²) in [6, 6.07) is 0. The number of anilines is 2. The summed E-state index contributed by atoms with van der Waals surface area (Å²) >= 11 is 0. The average molecular weight is 275 g/mol. The number of hydrogen-bond donors (Lipinski definition) is 2. The summed E-state index contributed by atoms with van der Waals surface area (Å²) in [6.07, 6.45) is 0. The predicted molar refractivity (Wildman–Crippen MR) is 67.9 cm³/mol. The molecule has 1 aliphatic heterocycles. The number of carbonyl (C=O) groups is 1. The van der Waals surface area contributed by atoms with E-state index >= 15 is 0 Å². The molecule has 1 aromatic heterocycles. The highest BCUT2D eigenvalue weighted by molar-refractivity contribution is 5.96. The van der Waals surface area contributed by atoms with Crippen molar-refractivity contribution in [3.63, 3.8) is 0 Å². The van der Waals surface area contributed by atoms with Gasteiger partial charge in [0.2, 0.25) is 5.82 Å². The molecule has 1 aromatic rings. The zero-order valence-electron chi connectivity index (χ0n) is 10.5. The van der Waals surface area contributed by atoms with Gasteiger partial charge in [-0.05, 0) is 0 Å². The Kier molecular flexibility index (Phi) is 2.99. The van der Waals surface area contributed by atoms with E-state index in [0.29, 0.717) is 0 Å². The van der Waals surface area contributed by atoms with E-state index in [0.717, 1.165) is 0 Å². The molecule has 0 atom stereocenters. The zero-order valence-corrected chi connectivity index (χ0v) is 10.5.